The van der Waals surface area contributed by atoms with Crippen molar-refractivity contribution >= 4 is 12.0 Å². The Kier molecular flexibility index (Phi) is 1.75. The molecule has 2 N–H and O–H groups in total. The number of carbonyl (C=O) groups is 2. The van der Waals surface area contributed by atoms with E-state index >= 15 is 0 Å². The third kappa shape index (κ3) is 1.61. The first-order valence-electron chi connectivity index (χ1n) is 2.90. The number of carbonyl (C=O) groups excluding carboxylic acids is 2. The second-order valence-corrected chi connectivity index (χ2v) is 1.95. The molecule has 0 spiro atoms. The summed E-state index contributed by atoms with van der Waals surface area (Å²) in [6, 6.07) is -0.300. The Hall–Kier alpha value is -1.26. The van der Waals surface area contributed by atoms with Crippen molar-refractivity contribution in [3.8, 4) is 0 Å². The standard InChI is InChI=1S/C5H8N2O3/c1-3(8)10-4-2-6-5(9)7-4/h4H,2H2,1H3,(H2,6,7,9). The third-order valence-corrected chi connectivity index (χ3v) is 1.05. The van der Waals surface area contributed by atoms with E-state index in [9.17, 15) is 9.59 Å². The van der Waals surface area contributed by atoms with Gasteiger partial charge in [0.2, 0.25) is 0 Å². The van der Waals surface area contributed by atoms with Crippen molar-refractivity contribution in [2.75, 3.05) is 6.54 Å². The highest BCUT2D eigenvalue weighted by Gasteiger charge is 2.21. The molecule has 1 aliphatic heterocycles. The van der Waals surface area contributed by atoms with Gasteiger partial charge in [-0.2, -0.15) is 0 Å². The van der Waals surface area contributed by atoms with Crippen molar-refractivity contribution in [1.82, 2.24) is 10.6 Å². The van der Waals surface area contributed by atoms with Crippen molar-refractivity contribution in [3.05, 3.63) is 0 Å². The normalized spacial score (nSPS) is 23.3. The van der Waals surface area contributed by atoms with Crippen molar-refractivity contribution in [1.29, 1.82) is 0 Å². The zero-order valence-corrected chi connectivity index (χ0v) is 5.51. The van der Waals surface area contributed by atoms with Crippen LogP contribution >= 0.6 is 0 Å². The van der Waals surface area contributed by atoms with Gasteiger partial charge in [-0.3, -0.25) is 4.79 Å². The van der Waals surface area contributed by atoms with Gasteiger partial charge in [-0.05, 0) is 0 Å². The number of amides is 2. The number of nitrogens with one attached hydrogen (secondary N) is 2. The highest BCUT2D eigenvalue weighted by Crippen LogP contribution is 1.92. The number of esters is 1. The molecule has 2 amide bonds. The Morgan fingerprint density at radius 1 is 1.80 bits per heavy atom. The van der Waals surface area contributed by atoms with E-state index < -0.39 is 12.2 Å². The Balaban J connectivity index is 2.31. The molecular formula is C5H8N2O3. The van der Waals surface area contributed by atoms with Crippen molar-refractivity contribution in [2.45, 2.75) is 13.2 Å². The van der Waals surface area contributed by atoms with E-state index in [0.717, 1.165) is 0 Å². The first-order chi connectivity index (χ1) is 4.68. The van der Waals surface area contributed by atoms with E-state index in [1.165, 1.54) is 6.92 Å². The van der Waals surface area contributed by atoms with E-state index in [4.69, 9.17) is 0 Å². The quantitative estimate of drug-likeness (QED) is 0.473. The van der Waals surface area contributed by atoms with Crippen molar-refractivity contribution < 1.29 is 14.3 Å². The Morgan fingerprint density at radius 2 is 2.50 bits per heavy atom. The lowest BCUT2D eigenvalue weighted by Gasteiger charge is -2.06. The number of hydrogen-bond acceptors (Lipinski definition) is 3. The number of rotatable bonds is 1. The van der Waals surface area contributed by atoms with Crippen LogP contribution in [0.4, 0.5) is 4.79 Å². The van der Waals surface area contributed by atoms with E-state index in [1.54, 1.807) is 0 Å². The average Bonchev–Trinajstić information content (AvgIpc) is 2.13. The van der Waals surface area contributed by atoms with Gasteiger partial charge in [0.1, 0.15) is 0 Å². The zero-order chi connectivity index (χ0) is 7.56. The van der Waals surface area contributed by atoms with Crippen LogP contribution in [0.15, 0.2) is 0 Å². The molecule has 0 aliphatic carbocycles. The molecule has 1 unspecified atom stereocenters. The van der Waals surface area contributed by atoms with Crippen LogP contribution in [0.5, 0.6) is 0 Å². The minimum atomic E-state index is -0.495. The lowest BCUT2D eigenvalue weighted by molar-refractivity contribution is -0.146. The van der Waals surface area contributed by atoms with Crippen LogP contribution in [0.2, 0.25) is 0 Å². The predicted molar refractivity (Wildman–Crippen MR) is 32.1 cm³/mol. The van der Waals surface area contributed by atoms with Crippen LogP contribution in [0, 0.1) is 0 Å². The first kappa shape index (κ1) is 6.85. The maximum absolute atomic E-state index is 10.4. The van der Waals surface area contributed by atoms with Gasteiger partial charge in [0, 0.05) is 6.92 Å². The SMILES string of the molecule is CC(=O)OC1CNC(=O)N1. The average molecular weight is 144 g/mol. The van der Waals surface area contributed by atoms with Gasteiger partial charge >= 0.3 is 12.0 Å². The fraction of sp³-hybridized carbons (Fsp3) is 0.600. The largest absolute Gasteiger partial charge is 0.440 e. The Bertz CT molecular complexity index is 168. The number of ether oxygens (including phenoxy) is 1. The highest BCUT2D eigenvalue weighted by molar-refractivity contribution is 5.77. The summed E-state index contributed by atoms with van der Waals surface area (Å²) >= 11 is 0. The smallest absolute Gasteiger partial charge is 0.317 e. The van der Waals surface area contributed by atoms with Gasteiger partial charge in [0.05, 0.1) is 6.54 Å². The lowest BCUT2D eigenvalue weighted by atomic mass is 10.6. The molecule has 0 saturated carbocycles. The van der Waals surface area contributed by atoms with Gasteiger partial charge in [0.15, 0.2) is 6.23 Å². The highest BCUT2D eigenvalue weighted by atomic mass is 16.6. The summed E-state index contributed by atoms with van der Waals surface area (Å²) in [6.45, 7) is 1.64. The Labute approximate surface area is 57.7 Å². The zero-order valence-electron chi connectivity index (χ0n) is 5.51. The number of hydrogen-bond donors (Lipinski definition) is 2. The molecule has 1 atom stereocenters. The van der Waals surface area contributed by atoms with Crippen LogP contribution in [0.3, 0.4) is 0 Å². The second-order valence-electron chi connectivity index (χ2n) is 1.95. The van der Waals surface area contributed by atoms with Crippen LogP contribution in [0.1, 0.15) is 6.92 Å². The molecule has 10 heavy (non-hydrogen) atoms. The van der Waals surface area contributed by atoms with E-state index in [-0.39, 0.29) is 6.03 Å². The summed E-state index contributed by atoms with van der Waals surface area (Å²) < 4.78 is 4.65. The monoisotopic (exact) mass is 144 g/mol. The minimum absolute atomic E-state index is 0.300. The summed E-state index contributed by atoms with van der Waals surface area (Å²) in [5.74, 6) is -0.394. The van der Waals surface area contributed by atoms with Gasteiger partial charge in [-0.15, -0.1) is 0 Å². The second kappa shape index (κ2) is 2.55. The fourth-order valence-corrected chi connectivity index (χ4v) is 0.705. The molecule has 1 aliphatic rings. The van der Waals surface area contributed by atoms with Crippen LogP contribution < -0.4 is 10.6 Å². The number of urea groups is 1. The minimum Gasteiger partial charge on any atom is -0.440 e. The molecular weight excluding hydrogens is 136 g/mol. The van der Waals surface area contributed by atoms with Gasteiger partial charge in [-0.1, -0.05) is 0 Å². The lowest BCUT2D eigenvalue weighted by Crippen LogP contribution is -2.30. The van der Waals surface area contributed by atoms with Crippen LogP contribution in [-0.4, -0.2) is 24.8 Å². The van der Waals surface area contributed by atoms with Gasteiger partial charge < -0.3 is 15.4 Å². The summed E-state index contributed by atoms with van der Waals surface area (Å²) in [6.07, 6.45) is -0.495. The van der Waals surface area contributed by atoms with Crippen molar-refractivity contribution in [3.63, 3.8) is 0 Å². The molecule has 5 heteroatoms. The summed E-state index contributed by atoms with van der Waals surface area (Å²) in [4.78, 5) is 20.7. The molecule has 0 aromatic heterocycles. The molecule has 1 fully saturated rings. The first-order valence-corrected chi connectivity index (χ1v) is 2.90. The summed E-state index contributed by atoms with van der Waals surface area (Å²) in [7, 11) is 0. The summed E-state index contributed by atoms with van der Waals surface area (Å²) in [5, 5.41) is 4.84. The maximum atomic E-state index is 10.4. The molecule has 5 nitrogen and oxygen atoms in total. The van der Waals surface area contributed by atoms with Gasteiger partial charge in [0.25, 0.3) is 0 Å². The predicted octanol–water partition coefficient (Wildman–Crippen LogP) is -0.812. The molecule has 1 rings (SSSR count). The van der Waals surface area contributed by atoms with E-state index in [2.05, 4.69) is 15.4 Å². The fourth-order valence-electron chi connectivity index (χ4n) is 0.705. The molecule has 0 bridgehead atoms. The van der Waals surface area contributed by atoms with E-state index in [1.807, 2.05) is 0 Å². The molecule has 0 aromatic carbocycles. The summed E-state index contributed by atoms with van der Waals surface area (Å²) in [5.41, 5.74) is 0. The Morgan fingerprint density at radius 3 is 2.90 bits per heavy atom. The molecule has 0 aromatic rings. The molecule has 1 saturated heterocycles. The topological polar surface area (TPSA) is 67.4 Å². The van der Waals surface area contributed by atoms with Gasteiger partial charge in [-0.25, -0.2) is 4.79 Å². The maximum Gasteiger partial charge on any atom is 0.317 e. The van der Waals surface area contributed by atoms with Crippen LogP contribution in [-0.2, 0) is 9.53 Å². The molecule has 0 radical (unpaired) electrons. The molecule has 1 heterocycles. The van der Waals surface area contributed by atoms with Crippen LogP contribution in [0.25, 0.3) is 0 Å². The van der Waals surface area contributed by atoms with Crippen molar-refractivity contribution in [2.24, 2.45) is 0 Å². The molecule has 56 valence electrons. The van der Waals surface area contributed by atoms with E-state index in [0.29, 0.717) is 6.54 Å². The third-order valence-electron chi connectivity index (χ3n) is 1.05.